The third-order valence-electron chi connectivity index (χ3n) is 3.33. The van der Waals surface area contributed by atoms with E-state index in [0.717, 1.165) is 43.5 Å². The van der Waals surface area contributed by atoms with Gasteiger partial charge in [-0.05, 0) is 30.3 Å². The second-order valence-electron chi connectivity index (χ2n) is 5.20. The number of hydrogen-bond acceptors (Lipinski definition) is 4. The maximum absolute atomic E-state index is 14.0. The molecule has 0 aliphatic carbocycles. The summed E-state index contributed by atoms with van der Waals surface area (Å²) in [7, 11) is 1.13. The Labute approximate surface area is 160 Å². The topological polar surface area (TPSA) is 58.6 Å². The predicted octanol–water partition coefficient (Wildman–Crippen LogP) is 4.70. The number of benzene rings is 2. The lowest BCUT2D eigenvalue weighted by atomic mass is 10.1. The first kappa shape index (κ1) is 21.6. The Hall–Kier alpha value is -2.66. The Bertz CT molecular complexity index is 862. The van der Waals surface area contributed by atoms with Crippen LogP contribution in [0.3, 0.4) is 0 Å². The fourth-order valence-electron chi connectivity index (χ4n) is 2.13. The van der Waals surface area contributed by atoms with Crippen LogP contribution in [0.4, 0.5) is 32.4 Å². The molecule has 0 aromatic heterocycles. The van der Waals surface area contributed by atoms with Gasteiger partial charge in [-0.25, -0.2) is 22.9 Å². The fraction of sp³-hybridized carbons (Fsp3) is 0.176. The summed E-state index contributed by atoms with van der Waals surface area (Å²) in [6, 6.07) is 4.38. The molecular formula is C17H13F5N2O3S. The molecule has 28 heavy (non-hydrogen) atoms. The van der Waals surface area contributed by atoms with Gasteiger partial charge in [0.1, 0.15) is 29.7 Å². The number of hydrogen-bond donors (Lipinski definition) is 1. The van der Waals surface area contributed by atoms with Crippen molar-refractivity contribution in [1.82, 2.24) is 4.90 Å². The maximum atomic E-state index is 14.0. The van der Waals surface area contributed by atoms with E-state index in [1.54, 1.807) is 0 Å². The lowest BCUT2D eigenvalue weighted by molar-refractivity contribution is 0.0548. The Balaban J connectivity index is 2.25. The highest BCUT2D eigenvalue weighted by Gasteiger charge is 2.28. The highest BCUT2D eigenvalue weighted by Crippen LogP contribution is 2.28. The van der Waals surface area contributed by atoms with Crippen molar-refractivity contribution in [2.75, 3.05) is 19.2 Å². The number of thioether (sulfide) groups is 1. The molecule has 0 spiro atoms. The maximum Gasteiger partial charge on any atom is 0.330 e. The number of halogens is 5. The lowest BCUT2D eigenvalue weighted by Crippen LogP contribution is -2.42. The molecule has 2 rings (SSSR count). The molecule has 0 radical (unpaired) electrons. The molecule has 0 unspecified atom stereocenters. The standard InChI is InChI=1S/C17H13F5N2O3S/c1-27-8-24(15(25)14-10(18)3-2-4-11(14)19)17(26)23-13-6-5-9(7-12(13)20)28-16(21)22/h2-7,16H,8H2,1H3,(H,23,26). The minimum absolute atomic E-state index is 0.0799. The normalized spacial score (nSPS) is 10.8. The summed E-state index contributed by atoms with van der Waals surface area (Å²) in [5.41, 5.74) is -1.41. The van der Waals surface area contributed by atoms with E-state index in [1.165, 1.54) is 0 Å². The van der Waals surface area contributed by atoms with Crippen molar-refractivity contribution < 1.29 is 36.3 Å². The Kier molecular flexibility index (Phi) is 7.35. The second-order valence-corrected chi connectivity index (χ2v) is 6.26. The van der Waals surface area contributed by atoms with Crippen molar-refractivity contribution in [3.63, 3.8) is 0 Å². The van der Waals surface area contributed by atoms with Crippen LogP contribution in [0.25, 0.3) is 0 Å². The molecule has 0 aliphatic heterocycles. The molecule has 150 valence electrons. The minimum Gasteiger partial charge on any atom is -0.364 e. The summed E-state index contributed by atoms with van der Waals surface area (Å²) in [4.78, 5) is 25.0. The first-order valence-electron chi connectivity index (χ1n) is 7.54. The molecule has 0 aliphatic rings. The van der Waals surface area contributed by atoms with Crippen LogP contribution in [0.5, 0.6) is 0 Å². The number of amides is 3. The lowest BCUT2D eigenvalue weighted by Gasteiger charge is -2.21. The van der Waals surface area contributed by atoms with Gasteiger partial charge in [0.25, 0.3) is 11.7 Å². The zero-order valence-corrected chi connectivity index (χ0v) is 15.0. The number of carbonyl (C=O) groups excluding carboxylic acids is 2. The van der Waals surface area contributed by atoms with Crippen LogP contribution in [-0.2, 0) is 4.74 Å². The van der Waals surface area contributed by atoms with Gasteiger partial charge in [-0.3, -0.25) is 4.79 Å². The van der Waals surface area contributed by atoms with Crippen LogP contribution in [0.15, 0.2) is 41.3 Å². The van der Waals surface area contributed by atoms with Crippen LogP contribution in [-0.4, -0.2) is 36.4 Å². The van der Waals surface area contributed by atoms with Crippen molar-refractivity contribution in [2.45, 2.75) is 10.7 Å². The Morgan fingerprint density at radius 2 is 1.75 bits per heavy atom. The number of carbonyl (C=O) groups is 2. The van der Waals surface area contributed by atoms with Crippen LogP contribution >= 0.6 is 11.8 Å². The number of urea groups is 1. The number of imide groups is 1. The van der Waals surface area contributed by atoms with Gasteiger partial charge in [0.05, 0.1) is 5.69 Å². The van der Waals surface area contributed by atoms with E-state index in [0.29, 0.717) is 4.90 Å². The van der Waals surface area contributed by atoms with Crippen molar-refractivity contribution >= 4 is 29.4 Å². The molecule has 0 saturated carbocycles. The predicted molar refractivity (Wildman–Crippen MR) is 91.7 cm³/mol. The number of nitrogens with zero attached hydrogens (tertiary/aromatic N) is 1. The molecule has 0 fully saturated rings. The quantitative estimate of drug-likeness (QED) is 0.418. The average Bonchev–Trinajstić information content (AvgIpc) is 2.61. The molecule has 2 aromatic carbocycles. The first-order valence-corrected chi connectivity index (χ1v) is 8.42. The van der Waals surface area contributed by atoms with Gasteiger partial charge in [-0.1, -0.05) is 17.8 Å². The van der Waals surface area contributed by atoms with Crippen LogP contribution < -0.4 is 5.32 Å². The Morgan fingerprint density at radius 3 is 2.29 bits per heavy atom. The number of ether oxygens (including phenoxy) is 1. The number of rotatable bonds is 6. The van der Waals surface area contributed by atoms with Crippen molar-refractivity contribution in [1.29, 1.82) is 0 Å². The fourth-order valence-corrected chi connectivity index (χ4v) is 2.66. The van der Waals surface area contributed by atoms with Gasteiger partial charge >= 0.3 is 6.03 Å². The molecular weight excluding hydrogens is 407 g/mol. The number of anilines is 1. The smallest absolute Gasteiger partial charge is 0.330 e. The molecule has 2 aromatic rings. The molecule has 0 saturated heterocycles. The van der Waals surface area contributed by atoms with E-state index >= 15 is 0 Å². The Morgan fingerprint density at radius 1 is 1.11 bits per heavy atom. The first-order chi connectivity index (χ1) is 13.2. The number of alkyl halides is 2. The zero-order valence-electron chi connectivity index (χ0n) is 14.2. The number of methoxy groups -OCH3 is 1. The van der Waals surface area contributed by atoms with Gasteiger partial charge in [0.2, 0.25) is 0 Å². The van der Waals surface area contributed by atoms with Crippen molar-refractivity contribution in [2.24, 2.45) is 0 Å². The zero-order chi connectivity index (χ0) is 20.8. The van der Waals surface area contributed by atoms with Crippen LogP contribution in [0, 0.1) is 17.5 Å². The highest BCUT2D eigenvalue weighted by molar-refractivity contribution is 7.99. The summed E-state index contributed by atoms with van der Waals surface area (Å²) in [6.45, 7) is -0.681. The molecule has 11 heteroatoms. The number of nitrogens with one attached hydrogen (secondary N) is 1. The monoisotopic (exact) mass is 420 g/mol. The van der Waals surface area contributed by atoms with Crippen molar-refractivity contribution in [3.05, 3.63) is 59.4 Å². The van der Waals surface area contributed by atoms with Gasteiger partial charge in [-0.2, -0.15) is 8.78 Å². The summed E-state index contributed by atoms with van der Waals surface area (Å²) in [5.74, 6) is -7.54. The van der Waals surface area contributed by atoms with E-state index in [9.17, 15) is 31.5 Å². The van der Waals surface area contributed by atoms with Gasteiger partial charge in [0, 0.05) is 12.0 Å². The van der Waals surface area contributed by atoms with E-state index in [4.69, 9.17) is 4.74 Å². The van der Waals surface area contributed by atoms with Gasteiger partial charge in [0.15, 0.2) is 0 Å². The highest BCUT2D eigenvalue weighted by atomic mass is 32.2. The van der Waals surface area contributed by atoms with E-state index in [2.05, 4.69) is 0 Å². The molecule has 3 amide bonds. The minimum atomic E-state index is -2.76. The third kappa shape index (κ3) is 5.20. The van der Waals surface area contributed by atoms with Crippen molar-refractivity contribution in [3.8, 4) is 0 Å². The van der Waals surface area contributed by atoms with E-state index < -0.39 is 53.1 Å². The molecule has 5 nitrogen and oxygen atoms in total. The largest absolute Gasteiger partial charge is 0.364 e. The molecule has 0 bridgehead atoms. The van der Waals surface area contributed by atoms with Crippen LogP contribution in [0.1, 0.15) is 10.4 Å². The molecule has 0 heterocycles. The second kappa shape index (κ2) is 9.51. The summed E-state index contributed by atoms with van der Waals surface area (Å²) in [6.07, 6.45) is 0. The third-order valence-corrected chi connectivity index (χ3v) is 4.04. The molecule has 1 N–H and O–H groups in total. The molecule has 0 atom stereocenters. The summed E-state index contributed by atoms with van der Waals surface area (Å²) >= 11 is 0.106. The summed E-state index contributed by atoms with van der Waals surface area (Å²) in [5, 5.41) is 2.03. The van der Waals surface area contributed by atoms with Gasteiger partial charge < -0.3 is 10.1 Å². The van der Waals surface area contributed by atoms with Gasteiger partial charge in [-0.15, -0.1) is 0 Å². The van der Waals surface area contributed by atoms with Crippen LogP contribution in [0.2, 0.25) is 0 Å². The van der Waals surface area contributed by atoms with E-state index in [1.807, 2.05) is 5.32 Å². The average molecular weight is 420 g/mol. The summed E-state index contributed by atoms with van der Waals surface area (Å²) < 4.78 is 71.0. The van der Waals surface area contributed by atoms with E-state index in [-0.39, 0.29) is 16.7 Å². The SMILES string of the molecule is COCN(C(=O)Nc1ccc(SC(F)F)cc1F)C(=O)c1c(F)cccc1F.